The van der Waals surface area contributed by atoms with Gasteiger partial charge in [0, 0.05) is 6.42 Å². The van der Waals surface area contributed by atoms with E-state index in [1.54, 1.807) is 26.0 Å². The van der Waals surface area contributed by atoms with E-state index in [9.17, 15) is 9.59 Å². The lowest BCUT2D eigenvalue weighted by Crippen LogP contribution is -2.11. The standard InChI is InChI=1S/C21H32O4/c1-4-5-6-7-8-9-10-11-20(22)25-19-14-12-18(13-15-19)16-24-21(23)17(2)3/h12-15,17H,4-11,16H2,1-3H3. The van der Waals surface area contributed by atoms with Crippen molar-refractivity contribution < 1.29 is 19.1 Å². The maximum absolute atomic E-state index is 11.8. The van der Waals surface area contributed by atoms with Gasteiger partial charge < -0.3 is 9.47 Å². The van der Waals surface area contributed by atoms with Crippen molar-refractivity contribution in [3.8, 4) is 5.75 Å². The zero-order chi connectivity index (χ0) is 18.5. The van der Waals surface area contributed by atoms with Gasteiger partial charge in [0.1, 0.15) is 12.4 Å². The fraction of sp³-hybridized carbons (Fsp3) is 0.619. The zero-order valence-electron chi connectivity index (χ0n) is 15.9. The van der Waals surface area contributed by atoms with Crippen LogP contribution in [0.4, 0.5) is 0 Å². The van der Waals surface area contributed by atoms with Gasteiger partial charge in [0.25, 0.3) is 0 Å². The van der Waals surface area contributed by atoms with Gasteiger partial charge in [-0.3, -0.25) is 9.59 Å². The summed E-state index contributed by atoms with van der Waals surface area (Å²) in [6.07, 6.45) is 8.72. The Bertz CT molecular complexity index is 505. The molecule has 0 aliphatic heterocycles. The van der Waals surface area contributed by atoms with Crippen LogP contribution in [0.3, 0.4) is 0 Å². The number of esters is 2. The summed E-state index contributed by atoms with van der Waals surface area (Å²) < 4.78 is 10.5. The number of rotatable bonds is 12. The van der Waals surface area contributed by atoms with E-state index >= 15 is 0 Å². The summed E-state index contributed by atoms with van der Waals surface area (Å²) in [6, 6.07) is 7.09. The van der Waals surface area contributed by atoms with Crippen molar-refractivity contribution in [2.75, 3.05) is 0 Å². The number of carbonyl (C=O) groups is 2. The highest BCUT2D eigenvalue weighted by molar-refractivity contribution is 5.72. The number of ether oxygens (including phenoxy) is 2. The quantitative estimate of drug-likeness (QED) is 0.287. The molecule has 0 atom stereocenters. The van der Waals surface area contributed by atoms with E-state index in [4.69, 9.17) is 9.47 Å². The first kappa shape index (κ1) is 21.2. The molecule has 0 aliphatic rings. The Morgan fingerprint density at radius 2 is 1.52 bits per heavy atom. The third-order valence-corrected chi connectivity index (χ3v) is 3.99. The molecule has 1 aromatic rings. The highest BCUT2D eigenvalue weighted by Crippen LogP contribution is 2.15. The van der Waals surface area contributed by atoms with E-state index in [0.29, 0.717) is 12.2 Å². The van der Waals surface area contributed by atoms with Crippen LogP contribution in [0.2, 0.25) is 0 Å². The predicted octanol–water partition coefficient (Wildman–Crippen LogP) is 5.43. The van der Waals surface area contributed by atoms with Gasteiger partial charge in [-0.25, -0.2) is 0 Å². The lowest BCUT2D eigenvalue weighted by atomic mass is 10.1. The smallest absolute Gasteiger partial charge is 0.311 e. The SMILES string of the molecule is CCCCCCCCCC(=O)Oc1ccc(COC(=O)C(C)C)cc1. The molecule has 0 saturated heterocycles. The summed E-state index contributed by atoms with van der Waals surface area (Å²) in [7, 11) is 0. The van der Waals surface area contributed by atoms with Crippen LogP contribution < -0.4 is 4.74 Å². The van der Waals surface area contributed by atoms with Crippen molar-refractivity contribution >= 4 is 11.9 Å². The van der Waals surface area contributed by atoms with Crippen LogP contribution in [0.5, 0.6) is 5.75 Å². The summed E-state index contributed by atoms with van der Waals surface area (Å²) >= 11 is 0. The number of hydrogen-bond acceptors (Lipinski definition) is 4. The van der Waals surface area contributed by atoms with E-state index < -0.39 is 0 Å². The van der Waals surface area contributed by atoms with Gasteiger partial charge in [-0.2, -0.15) is 0 Å². The Morgan fingerprint density at radius 1 is 0.920 bits per heavy atom. The molecule has 1 rings (SSSR count). The molecular formula is C21H32O4. The van der Waals surface area contributed by atoms with Crippen molar-refractivity contribution in [1.29, 1.82) is 0 Å². The number of carbonyl (C=O) groups excluding carboxylic acids is 2. The van der Waals surface area contributed by atoms with Crippen LogP contribution >= 0.6 is 0 Å². The first-order chi connectivity index (χ1) is 12.0. The van der Waals surface area contributed by atoms with Crippen molar-refractivity contribution in [2.45, 2.75) is 78.7 Å². The molecule has 0 amide bonds. The molecule has 4 heteroatoms. The minimum absolute atomic E-state index is 0.133. The van der Waals surface area contributed by atoms with Crippen LogP contribution in [0, 0.1) is 5.92 Å². The Kier molecular flexibility index (Phi) is 10.6. The molecule has 0 aromatic heterocycles. The van der Waals surface area contributed by atoms with Gasteiger partial charge in [0.05, 0.1) is 5.92 Å². The highest BCUT2D eigenvalue weighted by atomic mass is 16.5. The fourth-order valence-corrected chi connectivity index (χ4v) is 2.38. The molecular weight excluding hydrogens is 316 g/mol. The van der Waals surface area contributed by atoms with Crippen LogP contribution in [-0.2, 0) is 20.9 Å². The second-order valence-electron chi connectivity index (χ2n) is 6.75. The van der Waals surface area contributed by atoms with Gasteiger partial charge >= 0.3 is 11.9 Å². The molecule has 0 radical (unpaired) electrons. The lowest BCUT2D eigenvalue weighted by molar-refractivity contribution is -0.148. The largest absolute Gasteiger partial charge is 0.461 e. The monoisotopic (exact) mass is 348 g/mol. The number of unbranched alkanes of at least 4 members (excludes halogenated alkanes) is 6. The van der Waals surface area contributed by atoms with Crippen molar-refractivity contribution in [3.05, 3.63) is 29.8 Å². The van der Waals surface area contributed by atoms with Crippen molar-refractivity contribution in [3.63, 3.8) is 0 Å². The van der Waals surface area contributed by atoms with E-state index in [1.165, 1.54) is 32.1 Å². The molecule has 4 nitrogen and oxygen atoms in total. The van der Waals surface area contributed by atoms with Crippen LogP contribution in [0.25, 0.3) is 0 Å². The Morgan fingerprint density at radius 3 is 2.12 bits per heavy atom. The first-order valence-corrected chi connectivity index (χ1v) is 9.49. The molecule has 0 saturated carbocycles. The van der Waals surface area contributed by atoms with Gasteiger partial charge in [-0.05, 0) is 24.1 Å². The summed E-state index contributed by atoms with van der Waals surface area (Å²) in [5.74, 6) is -0.00324. The third-order valence-electron chi connectivity index (χ3n) is 3.99. The second kappa shape index (κ2) is 12.5. The predicted molar refractivity (Wildman–Crippen MR) is 99.3 cm³/mol. The molecule has 0 heterocycles. The molecule has 1 aromatic carbocycles. The maximum Gasteiger partial charge on any atom is 0.311 e. The summed E-state index contributed by atoms with van der Waals surface area (Å²) in [5, 5.41) is 0. The number of hydrogen-bond donors (Lipinski definition) is 0. The summed E-state index contributed by atoms with van der Waals surface area (Å²) in [4.78, 5) is 23.3. The normalized spacial score (nSPS) is 10.7. The molecule has 0 N–H and O–H groups in total. The van der Waals surface area contributed by atoms with Gasteiger partial charge in [0.15, 0.2) is 0 Å². The minimum atomic E-state index is -0.217. The lowest BCUT2D eigenvalue weighted by Gasteiger charge is -2.08. The Balaban J connectivity index is 2.21. The molecule has 0 bridgehead atoms. The summed E-state index contributed by atoms with van der Waals surface area (Å²) in [5.41, 5.74) is 0.876. The Hall–Kier alpha value is -1.84. The molecule has 0 spiro atoms. The highest BCUT2D eigenvalue weighted by Gasteiger charge is 2.09. The maximum atomic E-state index is 11.8. The topological polar surface area (TPSA) is 52.6 Å². The van der Waals surface area contributed by atoms with Crippen molar-refractivity contribution in [2.24, 2.45) is 5.92 Å². The van der Waals surface area contributed by atoms with E-state index in [1.807, 2.05) is 12.1 Å². The fourth-order valence-electron chi connectivity index (χ4n) is 2.38. The molecule has 0 fully saturated rings. The van der Waals surface area contributed by atoms with E-state index in [-0.39, 0.29) is 24.5 Å². The average Bonchev–Trinajstić information content (AvgIpc) is 2.60. The van der Waals surface area contributed by atoms with Crippen molar-refractivity contribution in [1.82, 2.24) is 0 Å². The molecule has 0 unspecified atom stereocenters. The van der Waals surface area contributed by atoms with Crippen LogP contribution in [0.1, 0.15) is 77.7 Å². The van der Waals surface area contributed by atoms with Gasteiger partial charge in [-0.15, -0.1) is 0 Å². The van der Waals surface area contributed by atoms with Gasteiger partial charge in [0.2, 0.25) is 0 Å². The minimum Gasteiger partial charge on any atom is -0.461 e. The second-order valence-corrected chi connectivity index (χ2v) is 6.75. The molecule has 0 aliphatic carbocycles. The Labute approximate surface area is 151 Å². The van der Waals surface area contributed by atoms with Crippen LogP contribution in [0.15, 0.2) is 24.3 Å². The zero-order valence-corrected chi connectivity index (χ0v) is 15.9. The number of benzene rings is 1. The molecule has 140 valence electrons. The van der Waals surface area contributed by atoms with E-state index in [2.05, 4.69) is 6.92 Å². The van der Waals surface area contributed by atoms with Gasteiger partial charge in [-0.1, -0.05) is 71.4 Å². The first-order valence-electron chi connectivity index (χ1n) is 9.49. The average molecular weight is 348 g/mol. The summed E-state index contributed by atoms with van der Waals surface area (Å²) in [6.45, 7) is 6.05. The third kappa shape index (κ3) is 9.90. The van der Waals surface area contributed by atoms with E-state index in [0.717, 1.165) is 18.4 Å². The molecule has 25 heavy (non-hydrogen) atoms. The van der Waals surface area contributed by atoms with Crippen LogP contribution in [-0.4, -0.2) is 11.9 Å².